The third-order valence-electron chi connectivity index (χ3n) is 3.91. The normalized spacial score (nSPS) is 14.8. The third-order valence-corrected chi connectivity index (χ3v) is 3.91. The number of hydrogen-bond acceptors (Lipinski definition) is 1. The predicted molar refractivity (Wildman–Crippen MR) is 79.3 cm³/mol. The molecule has 0 fully saturated rings. The van der Waals surface area contributed by atoms with Crippen molar-refractivity contribution < 1.29 is 0 Å². The van der Waals surface area contributed by atoms with Crippen molar-refractivity contribution in [1.82, 2.24) is 0 Å². The van der Waals surface area contributed by atoms with Crippen LogP contribution in [0.25, 0.3) is 0 Å². The monoisotopic (exact) mass is 241 g/mol. The van der Waals surface area contributed by atoms with Gasteiger partial charge < -0.3 is 5.73 Å². The molecule has 1 heteroatoms. The van der Waals surface area contributed by atoms with Crippen LogP contribution in [0, 0.1) is 0 Å². The molecule has 0 aromatic heterocycles. The van der Waals surface area contributed by atoms with Crippen molar-refractivity contribution in [3.8, 4) is 0 Å². The van der Waals surface area contributed by atoms with E-state index < -0.39 is 0 Å². The summed E-state index contributed by atoms with van der Waals surface area (Å²) in [5.41, 5.74) is 6.21. The van der Waals surface area contributed by atoms with E-state index in [1.807, 2.05) is 0 Å². The molecule has 0 aliphatic carbocycles. The number of unbranched alkanes of at least 4 members (excludes halogenated alkanes) is 9. The molecule has 0 aliphatic heterocycles. The molecule has 0 aliphatic rings. The molecule has 1 unspecified atom stereocenters. The smallest absolute Gasteiger partial charge is 0.0123 e. The number of hydrogen-bond donors (Lipinski definition) is 1. The lowest BCUT2D eigenvalue weighted by atomic mass is 9.92. The van der Waals surface area contributed by atoms with Crippen molar-refractivity contribution >= 4 is 0 Å². The zero-order valence-electron chi connectivity index (χ0n) is 12.6. The average molecular weight is 241 g/mol. The van der Waals surface area contributed by atoms with Crippen molar-refractivity contribution in [2.24, 2.45) is 5.73 Å². The molecule has 0 amide bonds. The van der Waals surface area contributed by atoms with E-state index in [1.165, 1.54) is 70.6 Å². The summed E-state index contributed by atoms with van der Waals surface area (Å²) in [6, 6.07) is 0. The van der Waals surface area contributed by atoms with Gasteiger partial charge in [0, 0.05) is 5.54 Å². The molecule has 0 radical (unpaired) electrons. The molecule has 1 nitrogen and oxygen atoms in total. The van der Waals surface area contributed by atoms with Crippen LogP contribution < -0.4 is 5.73 Å². The molecular weight excluding hydrogens is 206 g/mol. The highest BCUT2D eigenvalue weighted by Gasteiger charge is 2.13. The first-order valence-electron chi connectivity index (χ1n) is 7.91. The lowest BCUT2D eigenvalue weighted by molar-refractivity contribution is 0.394. The topological polar surface area (TPSA) is 26.0 Å². The fourth-order valence-electron chi connectivity index (χ4n) is 2.19. The number of rotatable bonds is 12. The molecule has 0 spiro atoms. The molecular formula is C16H35N. The summed E-state index contributed by atoms with van der Waals surface area (Å²) < 4.78 is 0. The van der Waals surface area contributed by atoms with Crippen molar-refractivity contribution in [2.75, 3.05) is 0 Å². The summed E-state index contributed by atoms with van der Waals surface area (Å²) in [5, 5.41) is 0. The lowest BCUT2D eigenvalue weighted by Crippen LogP contribution is -2.34. The Kier molecular flexibility index (Phi) is 11.0. The van der Waals surface area contributed by atoms with Crippen LogP contribution in [0.1, 0.15) is 97.8 Å². The first kappa shape index (κ1) is 17.0. The van der Waals surface area contributed by atoms with E-state index in [4.69, 9.17) is 5.73 Å². The Morgan fingerprint density at radius 3 is 1.53 bits per heavy atom. The largest absolute Gasteiger partial charge is 0.325 e. The molecule has 0 aromatic rings. The lowest BCUT2D eigenvalue weighted by Gasteiger charge is -2.22. The van der Waals surface area contributed by atoms with Gasteiger partial charge in [0.05, 0.1) is 0 Å². The van der Waals surface area contributed by atoms with Crippen LogP contribution in [0.4, 0.5) is 0 Å². The van der Waals surface area contributed by atoms with Crippen LogP contribution >= 0.6 is 0 Å². The number of nitrogens with two attached hydrogens (primary N) is 1. The second kappa shape index (κ2) is 11.1. The van der Waals surface area contributed by atoms with Crippen molar-refractivity contribution in [1.29, 1.82) is 0 Å². The Labute approximate surface area is 110 Å². The molecule has 0 rings (SSSR count). The van der Waals surface area contributed by atoms with Crippen molar-refractivity contribution in [2.45, 2.75) is 103 Å². The van der Waals surface area contributed by atoms with E-state index in [1.54, 1.807) is 0 Å². The quantitative estimate of drug-likeness (QED) is 0.453. The van der Waals surface area contributed by atoms with Gasteiger partial charge in [0.2, 0.25) is 0 Å². The minimum Gasteiger partial charge on any atom is -0.325 e. The van der Waals surface area contributed by atoms with Crippen LogP contribution in [0.5, 0.6) is 0 Å². The maximum absolute atomic E-state index is 6.12. The Bertz CT molecular complexity index is 152. The van der Waals surface area contributed by atoms with Gasteiger partial charge in [0.15, 0.2) is 0 Å². The zero-order valence-corrected chi connectivity index (χ0v) is 12.6. The van der Waals surface area contributed by atoms with Crippen LogP contribution in [0.15, 0.2) is 0 Å². The van der Waals surface area contributed by atoms with Gasteiger partial charge in [-0.25, -0.2) is 0 Å². The maximum atomic E-state index is 6.12. The minimum atomic E-state index is 0.0835. The summed E-state index contributed by atoms with van der Waals surface area (Å²) >= 11 is 0. The molecule has 1 atom stereocenters. The second-order valence-corrected chi connectivity index (χ2v) is 5.94. The van der Waals surface area contributed by atoms with Gasteiger partial charge in [-0.1, -0.05) is 78.1 Å². The molecule has 0 saturated carbocycles. The fraction of sp³-hybridized carbons (Fsp3) is 1.00. The SMILES string of the molecule is CCCCCCCCCCCCC(C)(N)CC. The highest BCUT2D eigenvalue weighted by atomic mass is 14.7. The molecule has 17 heavy (non-hydrogen) atoms. The Morgan fingerprint density at radius 2 is 1.12 bits per heavy atom. The van der Waals surface area contributed by atoms with Gasteiger partial charge in [-0.05, 0) is 19.8 Å². The summed E-state index contributed by atoms with van der Waals surface area (Å²) in [5.74, 6) is 0. The molecule has 0 bridgehead atoms. The Balaban J connectivity index is 3.09. The van der Waals surface area contributed by atoms with Crippen LogP contribution in [-0.2, 0) is 0 Å². The molecule has 0 heterocycles. The van der Waals surface area contributed by atoms with E-state index in [2.05, 4.69) is 20.8 Å². The van der Waals surface area contributed by atoms with Gasteiger partial charge in [-0.15, -0.1) is 0 Å². The first-order valence-corrected chi connectivity index (χ1v) is 7.91. The maximum Gasteiger partial charge on any atom is 0.0123 e. The highest BCUT2D eigenvalue weighted by molar-refractivity contribution is 4.75. The van der Waals surface area contributed by atoms with Gasteiger partial charge in [0.1, 0.15) is 0 Å². The fourth-order valence-corrected chi connectivity index (χ4v) is 2.19. The Morgan fingerprint density at radius 1 is 0.706 bits per heavy atom. The van der Waals surface area contributed by atoms with E-state index >= 15 is 0 Å². The van der Waals surface area contributed by atoms with E-state index in [9.17, 15) is 0 Å². The van der Waals surface area contributed by atoms with Crippen LogP contribution in [-0.4, -0.2) is 5.54 Å². The molecule has 2 N–H and O–H groups in total. The average Bonchev–Trinajstić information content (AvgIpc) is 2.31. The van der Waals surface area contributed by atoms with Crippen LogP contribution in [0.3, 0.4) is 0 Å². The summed E-state index contributed by atoms with van der Waals surface area (Å²) in [6.45, 7) is 6.65. The standard InChI is InChI=1S/C16H35N/c1-4-6-7-8-9-10-11-12-13-14-15-16(3,17)5-2/h4-15,17H2,1-3H3. The van der Waals surface area contributed by atoms with E-state index in [-0.39, 0.29) is 5.54 Å². The van der Waals surface area contributed by atoms with E-state index in [0.717, 1.165) is 6.42 Å². The summed E-state index contributed by atoms with van der Waals surface area (Å²) in [7, 11) is 0. The Hall–Kier alpha value is -0.0400. The van der Waals surface area contributed by atoms with Gasteiger partial charge in [0.25, 0.3) is 0 Å². The van der Waals surface area contributed by atoms with Gasteiger partial charge >= 0.3 is 0 Å². The molecule has 0 aromatic carbocycles. The summed E-state index contributed by atoms with van der Waals surface area (Å²) in [6.07, 6.45) is 16.4. The highest BCUT2D eigenvalue weighted by Crippen LogP contribution is 2.16. The predicted octanol–water partition coefficient (Wildman–Crippen LogP) is 5.42. The zero-order chi connectivity index (χ0) is 13.0. The van der Waals surface area contributed by atoms with Gasteiger partial charge in [-0.3, -0.25) is 0 Å². The second-order valence-electron chi connectivity index (χ2n) is 5.94. The van der Waals surface area contributed by atoms with Gasteiger partial charge in [-0.2, -0.15) is 0 Å². The minimum absolute atomic E-state index is 0.0835. The van der Waals surface area contributed by atoms with Crippen molar-refractivity contribution in [3.63, 3.8) is 0 Å². The molecule has 104 valence electrons. The summed E-state index contributed by atoms with van der Waals surface area (Å²) in [4.78, 5) is 0. The first-order chi connectivity index (χ1) is 8.12. The van der Waals surface area contributed by atoms with Crippen molar-refractivity contribution in [3.05, 3.63) is 0 Å². The third kappa shape index (κ3) is 12.2. The molecule has 0 saturated heterocycles. The van der Waals surface area contributed by atoms with Crippen LogP contribution in [0.2, 0.25) is 0 Å². The van der Waals surface area contributed by atoms with E-state index in [0.29, 0.717) is 0 Å².